The van der Waals surface area contributed by atoms with Crippen LogP contribution in [0.3, 0.4) is 0 Å². The third-order valence-electron chi connectivity index (χ3n) is 0. The number of halogens is 4. The van der Waals surface area contributed by atoms with Gasteiger partial charge in [-0.15, -0.1) is 0 Å². The van der Waals surface area contributed by atoms with Gasteiger partial charge < -0.3 is 18.8 Å². The molecule has 0 unspecified atom stereocenters. The van der Waals surface area contributed by atoms with Gasteiger partial charge in [0, 0.05) is 0 Å². The van der Waals surface area contributed by atoms with E-state index in [1.165, 1.54) is 0 Å². The van der Waals surface area contributed by atoms with E-state index in [2.05, 4.69) is 0 Å². The molecule has 0 saturated heterocycles. The van der Waals surface area contributed by atoms with Crippen LogP contribution in [0.25, 0.3) is 0 Å². The molecule has 0 aliphatic carbocycles. The molecule has 0 heterocycles. The summed E-state index contributed by atoms with van der Waals surface area (Å²) < 4.78 is 0. The van der Waals surface area contributed by atoms with Crippen LogP contribution in [0.15, 0.2) is 0 Å². The zero-order chi connectivity index (χ0) is 0. The fraction of sp³-hybridized carbons (Fsp3) is 0. The smallest absolute Gasteiger partial charge is 1.00 e. The van der Waals surface area contributed by atoms with Gasteiger partial charge in [-0.25, -0.2) is 0 Å². The largest absolute Gasteiger partial charge is 2.00 e. The predicted octanol–water partition coefficient (Wildman–Crippen LogP) is -15.0. The second kappa shape index (κ2) is 54.7. The molecule has 37 valence electrons. The second-order valence-electron chi connectivity index (χ2n) is 0. The van der Waals surface area contributed by atoms with E-state index in [4.69, 9.17) is 0 Å². The standard InChI is InChI=1S/Eu.4FH.Na/h;4*1H;/q+2;;;;;+1/p-4. The summed E-state index contributed by atoms with van der Waals surface area (Å²) in [6.45, 7) is 0. The first kappa shape index (κ1) is 83.4. The molecule has 0 bridgehead atoms. The summed E-state index contributed by atoms with van der Waals surface area (Å²) in [7, 11) is 0. The summed E-state index contributed by atoms with van der Waals surface area (Å²) in [5, 5.41) is 0. The first-order valence-corrected chi connectivity index (χ1v) is 0. The van der Waals surface area contributed by atoms with Gasteiger partial charge in [0.05, 0.1) is 0 Å². The Bertz CT molecular complexity index is 7.51. The van der Waals surface area contributed by atoms with E-state index >= 15 is 0 Å². The van der Waals surface area contributed by atoms with Crippen LogP contribution in [0, 0.1) is 49.4 Å². The minimum Gasteiger partial charge on any atom is -1.00 e. The Morgan fingerprint density at radius 1 is 0.500 bits per heavy atom. The summed E-state index contributed by atoms with van der Waals surface area (Å²) in [6, 6.07) is 0. The molecule has 0 spiro atoms. The molecule has 6 heteroatoms. The maximum Gasteiger partial charge on any atom is 2.00 e. The van der Waals surface area contributed by atoms with Crippen molar-refractivity contribution >= 4 is 0 Å². The van der Waals surface area contributed by atoms with Gasteiger partial charge in [-0.05, 0) is 0 Å². The topological polar surface area (TPSA) is 0 Å². The Balaban J connectivity index is 0. The minimum absolute atomic E-state index is 0. The van der Waals surface area contributed by atoms with Crippen molar-refractivity contribution in [1.29, 1.82) is 0 Å². The first-order valence-electron chi connectivity index (χ1n) is 0. The van der Waals surface area contributed by atoms with Crippen molar-refractivity contribution in [2.75, 3.05) is 0 Å². The molecule has 0 aromatic rings. The van der Waals surface area contributed by atoms with Crippen molar-refractivity contribution in [1.82, 2.24) is 0 Å². The van der Waals surface area contributed by atoms with Crippen LogP contribution in [0.5, 0.6) is 0 Å². The molecular formula is EuF4Na-. The minimum atomic E-state index is 0. The average Bonchev–Trinajstić information content (AvgIpc) is 0. The van der Waals surface area contributed by atoms with Crippen molar-refractivity contribution < 1.29 is 97.8 Å². The van der Waals surface area contributed by atoms with Gasteiger partial charge in [0.1, 0.15) is 0 Å². The Morgan fingerprint density at radius 3 is 0.500 bits per heavy atom. The van der Waals surface area contributed by atoms with E-state index in [9.17, 15) is 0 Å². The molecule has 1 radical (unpaired) electrons. The third-order valence-corrected chi connectivity index (χ3v) is 0. The molecule has 0 aromatic carbocycles. The van der Waals surface area contributed by atoms with Crippen molar-refractivity contribution in [3.8, 4) is 0 Å². The quantitative estimate of drug-likeness (QED) is 0.296. The fourth-order valence-corrected chi connectivity index (χ4v) is 0. The SMILES string of the molecule is [Eu+2].[F-].[F-].[F-].[F-].[Na+]. The zero-order valence-corrected chi connectivity index (χ0v) is 7.31. The molecule has 0 rings (SSSR count). The summed E-state index contributed by atoms with van der Waals surface area (Å²) >= 11 is 0. The Kier molecular flexibility index (Phi) is 760. The molecule has 0 amide bonds. The summed E-state index contributed by atoms with van der Waals surface area (Å²) in [4.78, 5) is 0. The normalized spacial score (nSPS) is 0. The van der Waals surface area contributed by atoms with E-state index in [1.54, 1.807) is 0 Å². The maximum absolute atomic E-state index is 0. The van der Waals surface area contributed by atoms with Gasteiger partial charge in [0.2, 0.25) is 0 Å². The molecule has 6 heavy (non-hydrogen) atoms. The van der Waals surface area contributed by atoms with Crippen molar-refractivity contribution in [3.63, 3.8) is 0 Å². The molecular weight excluding hydrogens is 251 g/mol. The van der Waals surface area contributed by atoms with Crippen molar-refractivity contribution in [2.24, 2.45) is 0 Å². The number of rotatable bonds is 0. The molecule has 0 N–H and O–H groups in total. The monoisotopic (exact) mass is 252 g/mol. The van der Waals surface area contributed by atoms with Gasteiger partial charge in [-0.1, -0.05) is 0 Å². The van der Waals surface area contributed by atoms with Crippen molar-refractivity contribution in [3.05, 3.63) is 0 Å². The van der Waals surface area contributed by atoms with Crippen LogP contribution < -0.4 is 48.4 Å². The van der Waals surface area contributed by atoms with E-state index in [1.807, 2.05) is 0 Å². The van der Waals surface area contributed by atoms with Crippen LogP contribution >= 0.6 is 0 Å². The Labute approximate surface area is 95.7 Å². The number of hydrogen-bond donors (Lipinski definition) is 0. The number of hydrogen-bond acceptors (Lipinski definition) is 0. The molecule has 0 fully saturated rings. The van der Waals surface area contributed by atoms with Gasteiger partial charge in [0.15, 0.2) is 0 Å². The van der Waals surface area contributed by atoms with E-state index in [-0.39, 0.29) is 97.8 Å². The van der Waals surface area contributed by atoms with Gasteiger partial charge in [-0.3, -0.25) is 0 Å². The van der Waals surface area contributed by atoms with Crippen LogP contribution in [-0.4, -0.2) is 0 Å². The third kappa shape index (κ3) is 33.4. The second-order valence-corrected chi connectivity index (χ2v) is 0. The van der Waals surface area contributed by atoms with Crippen LogP contribution in [0.2, 0.25) is 0 Å². The molecule has 0 saturated carbocycles. The molecule has 0 aliphatic rings. The van der Waals surface area contributed by atoms with Crippen molar-refractivity contribution in [2.45, 2.75) is 0 Å². The van der Waals surface area contributed by atoms with Crippen LogP contribution in [-0.2, 0) is 0 Å². The van der Waals surface area contributed by atoms with Crippen LogP contribution in [0.1, 0.15) is 0 Å². The Hall–Kier alpha value is 2.30. The van der Waals surface area contributed by atoms with E-state index in [0.29, 0.717) is 0 Å². The van der Waals surface area contributed by atoms with Gasteiger partial charge in [0.25, 0.3) is 0 Å². The molecule has 0 atom stereocenters. The fourth-order valence-electron chi connectivity index (χ4n) is 0. The van der Waals surface area contributed by atoms with Crippen LogP contribution in [0.4, 0.5) is 0 Å². The zero-order valence-electron chi connectivity index (χ0n) is 2.89. The Morgan fingerprint density at radius 2 is 0.500 bits per heavy atom. The molecule has 0 aliphatic heterocycles. The van der Waals surface area contributed by atoms with E-state index in [0.717, 1.165) is 0 Å². The average molecular weight is 251 g/mol. The predicted molar refractivity (Wildman–Crippen MR) is 0 cm³/mol. The summed E-state index contributed by atoms with van der Waals surface area (Å²) in [6.07, 6.45) is 0. The molecule has 0 aromatic heterocycles. The van der Waals surface area contributed by atoms with Gasteiger partial charge in [-0.2, -0.15) is 0 Å². The van der Waals surface area contributed by atoms with Gasteiger partial charge >= 0.3 is 78.9 Å². The molecule has 0 nitrogen and oxygen atoms in total. The maximum atomic E-state index is 0. The summed E-state index contributed by atoms with van der Waals surface area (Å²) in [5.41, 5.74) is 0. The first-order chi connectivity index (χ1) is 0. The summed E-state index contributed by atoms with van der Waals surface area (Å²) in [5.74, 6) is 0. The van der Waals surface area contributed by atoms with E-state index < -0.39 is 0 Å².